The van der Waals surface area contributed by atoms with Crippen LogP contribution in [0.1, 0.15) is 28.8 Å². The molecule has 1 aliphatic rings. The highest BCUT2D eigenvalue weighted by Crippen LogP contribution is 2.32. The van der Waals surface area contributed by atoms with Gasteiger partial charge in [0.25, 0.3) is 5.56 Å². The van der Waals surface area contributed by atoms with Crippen molar-refractivity contribution in [3.63, 3.8) is 0 Å². The third-order valence-electron chi connectivity index (χ3n) is 4.43. The van der Waals surface area contributed by atoms with Crippen LogP contribution >= 0.6 is 11.3 Å². The third kappa shape index (κ3) is 2.80. The van der Waals surface area contributed by atoms with Gasteiger partial charge in [-0.2, -0.15) is 5.10 Å². The summed E-state index contributed by atoms with van der Waals surface area (Å²) in [4.78, 5) is 29.8. The number of aromatic amines is 1. The SMILES string of the molecule is COc1ccc(C=Nn2c(=O)[nH]c3sc4c(c3c2=O)CCCC4)cc1. The zero-order chi connectivity index (χ0) is 17.4. The number of nitrogens with one attached hydrogen (secondary N) is 1. The molecule has 1 aliphatic carbocycles. The molecule has 4 rings (SSSR count). The second-order valence-corrected chi connectivity index (χ2v) is 7.09. The molecule has 2 heterocycles. The lowest BCUT2D eigenvalue weighted by molar-refractivity contribution is 0.415. The van der Waals surface area contributed by atoms with Gasteiger partial charge >= 0.3 is 5.69 Å². The van der Waals surface area contributed by atoms with Gasteiger partial charge in [0.15, 0.2) is 0 Å². The Labute approximate surface area is 147 Å². The van der Waals surface area contributed by atoms with Crippen molar-refractivity contribution in [2.24, 2.45) is 5.10 Å². The average Bonchev–Trinajstić information content (AvgIpc) is 3.00. The fraction of sp³-hybridized carbons (Fsp3) is 0.278. The summed E-state index contributed by atoms with van der Waals surface area (Å²) in [6.45, 7) is 0. The first-order chi connectivity index (χ1) is 12.2. The quantitative estimate of drug-likeness (QED) is 0.734. The van der Waals surface area contributed by atoms with Crippen LogP contribution in [0.4, 0.5) is 0 Å². The lowest BCUT2D eigenvalue weighted by Gasteiger charge is -2.09. The van der Waals surface area contributed by atoms with Crippen molar-refractivity contribution in [1.29, 1.82) is 0 Å². The molecule has 2 aromatic heterocycles. The molecule has 0 fully saturated rings. The number of aromatic nitrogens is 2. The number of nitrogens with zero attached hydrogens (tertiary/aromatic N) is 2. The summed E-state index contributed by atoms with van der Waals surface area (Å²) in [6.07, 6.45) is 5.57. The van der Waals surface area contributed by atoms with Gasteiger partial charge in [-0.1, -0.05) is 0 Å². The van der Waals surface area contributed by atoms with Gasteiger partial charge in [0.2, 0.25) is 0 Å². The standard InChI is InChI=1S/C18H17N3O3S/c1-24-12-8-6-11(7-9-12)10-19-21-17(22)15-13-4-2-3-5-14(13)25-16(15)20-18(21)23/h6-10H,2-5H2,1H3,(H,20,23). The van der Waals surface area contributed by atoms with E-state index in [4.69, 9.17) is 4.74 Å². The number of H-pyrrole nitrogens is 1. The first-order valence-corrected chi connectivity index (χ1v) is 8.97. The molecule has 0 amide bonds. The normalized spacial score (nSPS) is 14.1. The maximum atomic E-state index is 12.8. The van der Waals surface area contributed by atoms with Crippen LogP contribution in [0, 0.1) is 0 Å². The second kappa shape index (κ2) is 6.33. The molecule has 0 radical (unpaired) electrons. The number of fused-ring (bicyclic) bond motifs is 3. The average molecular weight is 355 g/mol. The predicted molar refractivity (Wildman–Crippen MR) is 99.3 cm³/mol. The second-order valence-electron chi connectivity index (χ2n) is 5.98. The van der Waals surface area contributed by atoms with Crippen molar-refractivity contribution in [2.75, 3.05) is 7.11 Å². The van der Waals surface area contributed by atoms with Crippen LogP contribution in [-0.2, 0) is 12.8 Å². The monoisotopic (exact) mass is 355 g/mol. The van der Waals surface area contributed by atoms with E-state index in [2.05, 4.69) is 10.1 Å². The van der Waals surface area contributed by atoms with Crippen molar-refractivity contribution in [1.82, 2.24) is 9.66 Å². The molecule has 1 N–H and O–H groups in total. The molecule has 0 saturated carbocycles. The Hall–Kier alpha value is -2.67. The molecule has 0 atom stereocenters. The lowest BCUT2D eigenvalue weighted by Crippen LogP contribution is -2.32. The Kier molecular flexibility index (Phi) is 4.01. The molecule has 25 heavy (non-hydrogen) atoms. The zero-order valence-corrected chi connectivity index (χ0v) is 14.6. The number of methoxy groups -OCH3 is 1. The minimum atomic E-state index is -0.513. The molecule has 7 heteroatoms. The summed E-state index contributed by atoms with van der Waals surface area (Å²) in [6, 6.07) is 7.22. The largest absolute Gasteiger partial charge is 0.497 e. The zero-order valence-electron chi connectivity index (χ0n) is 13.7. The van der Waals surface area contributed by atoms with Gasteiger partial charge in [-0.25, -0.2) is 4.79 Å². The summed E-state index contributed by atoms with van der Waals surface area (Å²) in [5, 5.41) is 4.73. The van der Waals surface area contributed by atoms with E-state index in [0.717, 1.165) is 47.2 Å². The van der Waals surface area contributed by atoms with Gasteiger partial charge in [-0.05, 0) is 61.1 Å². The molecular formula is C18H17N3O3S. The highest BCUT2D eigenvalue weighted by molar-refractivity contribution is 7.18. The van der Waals surface area contributed by atoms with E-state index in [-0.39, 0.29) is 5.56 Å². The van der Waals surface area contributed by atoms with E-state index in [1.54, 1.807) is 19.2 Å². The Balaban J connectivity index is 1.80. The summed E-state index contributed by atoms with van der Waals surface area (Å²) >= 11 is 1.52. The van der Waals surface area contributed by atoms with E-state index < -0.39 is 5.69 Å². The Bertz CT molecular complexity index is 1070. The minimum absolute atomic E-state index is 0.345. The number of hydrogen-bond acceptors (Lipinski definition) is 5. The van der Waals surface area contributed by atoms with E-state index in [9.17, 15) is 9.59 Å². The van der Waals surface area contributed by atoms with E-state index in [1.807, 2.05) is 12.1 Å². The van der Waals surface area contributed by atoms with Crippen molar-refractivity contribution in [3.05, 3.63) is 61.1 Å². The van der Waals surface area contributed by atoms with Crippen LogP contribution in [0.25, 0.3) is 10.2 Å². The molecule has 0 aliphatic heterocycles. The van der Waals surface area contributed by atoms with Crippen molar-refractivity contribution in [3.8, 4) is 5.75 Å². The van der Waals surface area contributed by atoms with E-state index in [0.29, 0.717) is 10.2 Å². The Morgan fingerprint density at radius 1 is 1.20 bits per heavy atom. The highest BCUT2D eigenvalue weighted by Gasteiger charge is 2.20. The van der Waals surface area contributed by atoms with Gasteiger partial charge in [0, 0.05) is 4.88 Å². The van der Waals surface area contributed by atoms with Crippen LogP contribution in [0.5, 0.6) is 5.75 Å². The van der Waals surface area contributed by atoms with Crippen LogP contribution in [0.2, 0.25) is 0 Å². The number of aryl methyl sites for hydroxylation is 2. The minimum Gasteiger partial charge on any atom is -0.497 e. The number of benzene rings is 1. The molecule has 3 aromatic rings. The molecule has 0 unspecified atom stereocenters. The van der Waals surface area contributed by atoms with Crippen LogP contribution in [0.15, 0.2) is 39.0 Å². The fourth-order valence-electron chi connectivity index (χ4n) is 3.15. The van der Waals surface area contributed by atoms with E-state index >= 15 is 0 Å². The van der Waals surface area contributed by atoms with Gasteiger partial charge < -0.3 is 4.74 Å². The molecule has 0 bridgehead atoms. The van der Waals surface area contributed by atoms with Crippen LogP contribution < -0.4 is 16.0 Å². The molecule has 128 valence electrons. The van der Waals surface area contributed by atoms with Crippen molar-refractivity contribution in [2.45, 2.75) is 25.7 Å². The fourth-order valence-corrected chi connectivity index (χ4v) is 4.42. The Morgan fingerprint density at radius 2 is 1.96 bits per heavy atom. The first kappa shape index (κ1) is 15.8. The summed E-state index contributed by atoms with van der Waals surface area (Å²) < 4.78 is 6.02. The van der Waals surface area contributed by atoms with Gasteiger partial charge in [0.05, 0.1) is 18.7 Å². The van der Waals surface area contributed by atoms with E-state index in [1.165, 1.54) is 22.4 Å². The molecular weight excluding hydrogens is 338 g/mol. The van der Waals surface area contributed by atoms with Crippen molar-refractivity contribution >= 4 is 27.8 Å². The van der Waals surface area contributed by atoms with Crippen molar-refractivity contribution < 1.29 is 4.74 Å². The summed E-state index contributed by atoms with van der Waals surface area (Å²) in [5.74, 6) is 0.735. The van der Waals surface area contributed by atoms with Gasteiger partial charge in [-0.15, -0.1) is 16.0 Å². The smallest absolute Gasteiger partial charge is 0.350 e. The molecule has 1 aromatic carbocycles. The lowest BCUT2D eigenvalue weighted by atomic mass is 9.97. The summed E-state index contributed by atoms with van der Waals surface area (Å²) in [5.41, 5.74) is 1.00. The number of hydrogen-bond donors (Lipinski definition) is 1. The maximum Gasteiger partial charge on any atom is 0.350 e. The Morgan fingerprint density at radius 3 is 2.72 bits per heavy atom. The first-order valence-electron chi connectivity index (χ1n) is 8.15. The van der Waals surface area contributed by atoms with Crippen LogP contribution in [0.3, 0.4) is 0 Å². The topological polar surface area (TPSA) is 76.5 Å². The molecule has 0 saturated heterocycles. The third-order valence-corrected chi connectivity index (χ3v) is 5.64. The molecule has 0 spiro atoms. The predicted octanol–water partition coefficient (Wildman–Crippen LogP) is 2.52. The van der Waals surface area contributed by atoms with Gasteiger partial charge in [0.1, 0.15) is 10.6 Å². The highest BCUT2D eigenvalue weighted by atomic mass is 32.1. The number of ether oxygens (including phenoxy) is 1. The van der Waals surface area contributed by atoms with Crippen LogP contribution in [-0.4, -0.2) is 23.0 Å². The number of rotatable bonds is 3. The summed E-state index contributed by atoms with van der Waals surface area (Å²) in [7, 11) is 1.60. The molecule has 6 nitrogen and oxygen atoms in total. The maximum absolute atomic E-state index is 12.8. The number of thiophene rings is 1. The van der Waals surface area contributed by atoms with Gasteiger partial charge in [-0.3, -0.25) is 9.78 Å².